The van der Waals surface area contributed by atoms with E-state index < -0.39 is 5.97 Å². The number of carbonyl (C=O) groups excluding carboxylic acids is 1. The molecule has 0 saturated carbocycles. The van der Waals surface area contributed by atoms with Gasteiger partial charge >= 0.3 is 5.97 Å². The predicted octanol–water partition coefficient (Wildman–Crippen LogP) is 2.90. The molecule has 3 rings (SSSR count). The van der Waals surface area contributed by atoms with Crippen LogP contribution in [0.4, 0.5) is 5.69 Å². The number of benzene rings is 2. The molecule has 0 aliphatic carbocycles. The monoisotopic (exact) mass is 281 g/mol. The second kappa shape index (κ2) is 5.05. The lowest BCUT2D eigenvalue weighted by molar-refractivity contribution is 0.0696. The normalized spacial score (nSPS) is 14.0. The molecule has 2 aromatic carbocycles. The van der Waals surface area contributed by atoms with E-state index in [0.717, 1.165) is 28.8 Å². The van der Waals surface area contributed by atoms with Gasteiger partial charge in [-0.15, -0.1) is 0 Å². The Morgan fingerprint density at radius 2 is 1.86 bits per heavy atom. The van der Waals surface area contributed by atoms with E-state index in [9.17, 15) is 9.59 Å². The molecule has 0 unspecified atom stereocenters. The van der Waals surface area contributed by atoms with Crippen molar-refractivity contribution in [1.82, 2.24) is 0 Å². The van der Waals surface area contributed by atoms with Crippen molar-refractivity contribution >= 4 is 17.6 Å². The third kappa shape index (κ3) is 2.40. The molecule has 0 radical (unpaired) electrons. The van der Waals surface area contributed by atoms with Crippen LogP contribution in [-0.2, 0) is 6.42 Å². The number of anilines is 1. The zero-order valence-corrected chi connectivity index (χ0v) is 11.7. The smallest absolute Gasteiger partial charge is 0.335 e. The lowest BCUT2D eigenvalue weighted by Crippen LogP contribution is -2.37. The number of nitrogens with zero attached hydrogens (tertiary/aromatic N) is 1. The van der Waals surface area contributed by atoms with E-state index in [2.05, 4.69) is 0 Å². The van der Waals surface area contributed by atoms with E-state index in [1.165, 1.54) is 12.1 Å². The SMILES string of the molecule is Cc1ccc2c(c1)C(=O)N(c1ccc(C(=O)O)cc1)CC2. The van der Waals surface area contributed by atoms with E-state index in [0.29, 0.717) is 6.54 Å². The number of carboxylic acids is 1. The van der Waals surface area contributed by atoms with Crippen molar-refractivity contribution in [3.63, 3.8) is 0 Å². The molecule has 2 aromatic rings. The first kappa shape index (κ1) is 13.4. The summed E-state index contributed by atoms with van der Waals surface area (Å²) in [5.41, 5.74) is 3.83. The van der Waals surface area contributed by atoms with Crippen molar-refractivity contribution in [2.24, 2.45) is 0 Å². The molecule has 0 atom stereocenters. The van der Waals surface area contributed by atoms with Gasteiger partial charge < -0.3 is 10.0 Å². The molecule has 1 aliphatic rings. The number of aryl methyl sites for hydroxylation is 1. The molecule has 0 aromatic heterocycles. The number of carbonyl (C=O) groups is 2. The van der Waals surface area contributed by atoms with Crippen LogP contribution in [0.3, 0.4) is 0 Å². The molecule has 1 aliphatic heterocycles. The summed E-state index contributed by atoms with van der Waals surface area (Å²) in [6.45, 7) is 2.58. The van der Waals surface area contributed by atoms with Crippen molar-refractivity contribution in [3.8, 4) is 0 Å². The molecular weight excluding hydrogens is 266 g/mol. The summed E-state index contributed by atoms with van der Waals surface area (Å²) in [5, 5.41) is 8.92. The highest BCUT2D eigenvalue weighted by Gasteiger charge is 2.25. The van der Waals surface area contributed by atoms with Crippen LogP contribution >= 0.6 is 0 Å². The third-order valence-corrected chi connectivity index (χ3v) is 3.77. The van der Waals surface area contributed by atoms with E-state index in [1.54, 1.807) is 17.0 Å². The van der Waals surface area contributed by atoms with Crippen LogP contribution in [0, 0.1) is 6.92 Å². The van der Waals surface area contributed by atoms with Crippen LogP contribution in [0.1, 0.15) is 31.8 Å². The van der Waals surface area contributed by atoms with Gasteiger partial charge in [-0.25, -0.2) is 4.79 Å². The molecule has 1 N–H and O–H groups in total. The van der Waals surface area contributed by atoms with Crippen molar-refractivity contribution in [1.29, 1.82) is 0 Å². The molecule has 4 nitrogen and oxygen atoms in total. The number of hydrogen-bond donors (Lipinski definition) is 1. The zero-order valence-electron chi connectivity index (χ0n) is 11.7. The molecule has 106 valence electrons. The molecule has 21 heavy (non-hydrogen) atoms. The number of fused-ring (bicyclic) bond motifs is 1. The van der Waals surface area contributed by atoms with Crippen LogP contribution in [0.15, 0.2) is 42.5 Å². The van der Waals surface area contributed by atoms with E-state index in [-0.39, 0.29) is 11.5 Å². The molecule has 0 bridgehead atoms. The number of aromatic carboxylic acids is 1. The van der Waals surface area contributed by atoms with Crippen molar-refractivity contribution < 1.29 is 14.7 Å². The second-order valence-corrected chi connectivity index (χ2v) is 5.22. The average Bonchev–Trinajstić information content (AvgIpc) is 2.48. The van der Waals surface area contributed by atoms with Crippen molar-refractivity contribution in [2.75, 3.05) is 11.4 Å². The predicted molar refractivity (Wildman–Crippen MR) is 80.0 cm³/mol. The first-order chi connectivity index (χ1) is 10.1. The van der Waals surface area contributed by atoms with Crippen LogP contribution in [0.5, 0.6) is 0 Å². The van der Waals surface area contributed by atoms with E-state index >= 15 is 0 Å². The topological polar surface area (TPSA) is 57.6 Å². The second-order valence-electron chi connectivity index (χ2n) is 5.22. The standard InChI is InChI=1S/C17H15NO3/c1-11-2-3-12-8-9-18(16(19)15(12)10-11)14-6-4-13(5-7-14)17(20)21/h2-7,10H,8-9H2,1H3,(H,20,21). The molecule has 1 amide bonds. The van der Waals surface area contributed by atoms with E-state index in [1.807, 2.05) is 25.1 Å². The fourth-order valence-corrected chi connectivity index (χ4v) is 2.62. The van der Waals surface area contributed by atoms with Gasteiger partial charge in [-0.1, -0.05) is 17.7 Å². The number of amides is 1. The maximum atomic E-state index is 12.6. The molecule has 0 spiro atoms. The quantitative estimate of drug-likeness (QED) is 0.920. The lowest BCUT2D eigenvalue weighted by Gasteiger charge is -2.29. The molecule has 4 heteroatoms. The van der Waals surface area contributed by atoms with Crippen molar-refractivity contribution in [3.05, 3.63) is 64.7 Å². The zero-order chi connectivity index (χ0) is 15.0. The average molecular weight is 281 g/mol. The van der Waals surface area contributed by atoms with Gasteiger partial charge in [-0.2, -0.15) is 0 Å². The van der Waals surface area contributed by atoms with Gasteiger partial charge in [0.2, 0.25) is 0 Å². The number of rotatable bonds is 2. The van der Waals surface area contributed by atoms with Gasteiger partial charge in [0, 0.05) is 17.8 Å². The van der Waals surface area contributed by atoms with Crippen LogP contribution in [-0.4, -0.2) is 23.5 Å². The van der Waals surface area contributed by atoms with Gasteiger partial charge in [0.25, 0.3) is 5.91 Å². The fraction of sp³-hybridized carbons (Fsp3) is 0.176. The molecule has 0 fully saturated rings. The van der Waals surface area contributed by atoms with Crippen LogP contribution < -0.4 is 4.90 Å². The van der Waals surface area contributed by atoms with Gasteiger partial charge in [-0.3, -0.25) is 4.79 Å². The summed E-state index contributed by atoms with van der Waals surface area (Å²) < 4.78 is 0. The highest BCUT2D eigenvalue weighted by Crippen LogP contribution is 2.25. The van der Waals surface area contributed by atoms with Gasteiger partial charge in [0.05, 0.1) is 5.56 Å². The third-order valence-electron chi connectivity index (χ3n) is 3.77. The Labute approximate surface area is 122 Å². The van der Waals surface area contributed by atoms with Gasteiger partial charge in [-0.05, 0) is 49.2 Å². The Kier molecular flexibility index (Phi) is 3.22. The minimum Gasteiger partial charge on any atom is -0.478 e. The molecular formula is C17H15NO3. The summed E-state index contributed by atoms with van der Waals surface area (Å²) in [6.07, 6.45) is 0.808. The van der Waals surface area contributed by atoms with Gasteiger partial charge in [0.15, 0.2) is 0 Å². The molecule has 0 saturated heterocycles. The van der Waals surface area contributed by atoms with Crippen LogP contribution in [0.25, 0.3) is 0 Å². The largest absolute Gasteiger partial charge is 0.478 e. The summed E-state index contributed by atoms with van der Waals surface area (Å²) >= 11 is 0. The first-order valence-corrected chi connectivity index (χ1v) is 6.81. The van der Waals surface area contributed by atoms with Crippen molar-refractivity contribution in [2.45, 2.75) is 13.3 Å². The number of carboxylic acid groups (broad SMARTS) is 1. The summed E-state index contributed by atoms with van der Waals surface area (Å²) in [4.78, 5) is 25.2. The summed E-state index contributed by atoms with van der Waals surface area (Å²) in [7, 11) is 0. The highest BCUT2D eigenvalue weighted by atomic mass is 16.4. The minimum atomic E-state index is -0.965. The maximum absolute atomic E-state index is 12.6. The van der Waals surface area contributed by atoms with Gasteiger partial charge in [0.1, 0.15) is 0 Å². The minimum absolute atomic E-state index is 0.0250. The molecule has 1 heterocycles. The Hall–Kier alpha value is -2.62. The Bertz CT molecular complexity index is 719. The highest BCUT2D eigenvalue weighted by molar-refractivity contribution is 6.08. The lowest BCUT2D eigenvalue weighted by atomic mass is 9.96. The maximum Gasteiger partial charge on any atom is 0.335 e. The Morgan fingerprint density at radius 3 is 2.52 bits per heavy atom. The van der Waals surface area contributed by atoms with E-state index in [4.69, 9.17) is 5.11 Å². The summed E-state index contributed by atoms with van der Waals surface area (Å²) in [5.74, 6) is -0.990. The first-order valence-electron chi connectivity index (χ1n) is 6.81. The summed E-state index contributed by atoms with van der Waals surface area (Å²) in [6, 6.07) is 12.4. The Morgan fingerprint density at radius 1 is 1.14 bits per heavy atom. The fourth-order valence-electron chi connectivity index (χ4n) is 2.62. The van der Waals surface area contributed by atoms with Crippen LogP contribution in [0.2, 0.25) is 0 Å². The Balaban J connectivity index is 1.94. The number of hydrogen-bond acceptors (Lipinski definition) is 2.